The minimum atomic E-state index is -0.701. The van der Waals surface area contributed by atoms with Gasteiger partial charge in [0.2, 0.25) is 0 Å². The Hall–Kier alpha value is -0.940. The Kier molecular flexibility index (Phi) is 4.65. The SMILES string of the molecule is C=CCn1c([C@@H](CC)CC(C)(C)O)n[nH]c1=S. The van der Waals surface area contributed by atoms with Gasteiger partial charge in [-0.15, -0.1) is 6.58 Å². The maximum absolute atomic E-state index is 9.91. The fourth-order valence-corrected chi connectivity index (χ4v) is 2.18. The van der Waals surface area contributed by atoms with Gasteiger partial charge in [-0.25, -0.2) is 0 Å². The summed E-state index contributed by atoms with van der Waals surface area (Å²) < 4.78 is 2.54. The zero-order valence-corrected chi connectivity index (χ0v) is 11.5. The monoisotopic (exact) mass is 255 g/mol. The van der Waals surface area contributed by atoms with Crippen LogP contribution in [0.4, 0.5) is 0 Å². The second-order valence-corrected chi connectivity index (χ2v) is 5.29. The molecule has 0 aliphatic carbocycles. The van der Waals surface area contributed by atoms with E-state index < -0.39 is 5.60 Å². The molecule has 0 saturated carbocycles. The molecule has 96 valence electrons. The topological polar surface area (TPSA) is 53.8 Å². The molecule has 17 heavy (non-hydrogen) atoms. The lowest BCUT2D eigenvalue weighted by molar-refractivity contribution is 0.0611. The van der Waals surface area contributed by atoms with Crippen molar-refractivity contribution >= 4 is 12.2 Å². The molecule has 0 bridgehead atoms. The van der Waals surface area contributed by atoms with E-state index in [-0.39, 0.29) is 5.92 Å². The molecular weight excluding hydrogens is 234 g/mol. The summed E-state index contributed by atoms with van der Waals surface area (Å²) in [5.74, 6) is 1.10. The molecule has 0 aliphatic rings. The maximum Gasteiger partial charge on any atom is 0.195 e. The van der Waals surface area contributed by atoms with Crippen LogP contribution in [0.2, 0.25) is 0 Å². The summed E-state index contributed by atoms with van der Waals surface area (Å²) in [6.07, 6.45) is 3.38. The molecule has 0 saturated heterocycles. The molecule has 1 rings (SSSR count). The van der Waals surface area contributed by atoms with Gasteiger partial charge in [0.15, 0.2) is 4.77 Å². The predicted octanol–water partition coefficient (Wildman–Crippen LogP) is 2.78. The molecule has 1 heterocycles. The lowest BCUT2D eigenvalue weighted by Crippen LogP contribution is -2.23. The molecule has 1 atom stereocenters. The number of aliphatic hydroxyl groups is 1. The summed E-state index contributed by atoms with van der Waals surface area (Å²) in [6, 6.07) is 0. The maximum atomic E-state index is 9.91. The standard InChI is InChI=1S/C12H21N3OS/c1-5-7-15-10(13-14-11(15)17)9(6-2)8-12(3,4)16/h5,9,16H,1,6-8H2,2-4H3,(H,14,17)/t9-/m0/s1. The van der Waals surface area contributed by atoms with Gasteiger partial charge in [0.05, 0.1) is 5.60 Å². The van der Waals surface area contributed by atoms with E-state index in [1.807, 2.05) is 18.4 Å². The zero-order chi connectivity index (χ0) is 13.1. The van der Waals surface area contributed by atoms with E-state index in [0.29, 0.717) is 17.7 Å². The minimum Gasteiger partial charge on any atom is -0.390 e. The molecule has 5 heteroatoms. The Balaban J connectivity index is 3.03. The highest BCUT2D eigenvalue weighted by molar-refractivity contribution is 7.71. The second-order valence-electron chi connectivity index (χ2n) is 4.91. The smallest absolute Gasteiger partial charge is 0.195 e. The van der Waals surface area contributed by atoms with Gasteiger partial charge in [-0.1, -0.05) is 13.0 Å². The normalized spacial score (nSPS) is 13.6. The highest BCUT2D eigenvalue weighted by Gasteiger charge is 2.24. The highest BCUT2D eigenvalue weighted by Crippen LogP contribution is 2.27. The van der Waals surface area contributed by atoms with Crippen molar-refractivity contribution in [1.82, 2.24) is 14.8 Å². The van der Waals surface area contributed by atoms with E-state index in [2.05, 4.69) is 23.7 Å². The lowest BCUT2D eigenvalue weighted by atomic mass is 9.91. The van der Waals surface area contributed by atoms with Gasteiger partial charge in [0.1, 0.15) is 5.82 Å². The van der Waals surface area contributed by atoms with Crippen molar-refractivity contribution < 1.29 is 5.11 Å². The van der Waals surface area contributed by atoms with Crippen molar-refractivity contribution in [3.8, 4) is 0 Å². The number of nitrogens with one attached hydrogen (secondary N) is 1. The van der Waals surface area contributed by atoms with Gasteiger partial charge < -0.3 is 9.67 Å². The van der Waals surface area contributed by atoms with E-state index in [1.165, 1.54) is 0 Å². The molecule has 0 fully saturated rings. The summed E-state index contributed by atoms with van der Waals surface area (Å²) in [4.78, 5) is 0. The number of rotatable bonds is 6. The van der Waals surface area contributed by atoms with Crippen molar-refractivity contribution in [3.05, 3.63) is 23.3 Å². The first-order valence-electron chi connectivity index (χ1n) is 5.87. The summed E-state index contributed by atoms with van der Waals surface area (Å²) in [5.41, 5.74) is -0.701. The largest absolute Gasteiger partial charge is 0.390 e. The van der Waals surface area contributed by atoms with Gasteiger partial charge in [0, 0.05) is 12.5 Å². The van der Waals surface area contributed by atoms with E-state index in [9.17, 15) is 5.11 Å². The quantitative estimate of drug-likeness (QED) is 0.607. The number of hydrogen-bond donors (Lipinski definition) is 2. The van der Waals surface area contributed by atoms with Crippen molar-refractivity contribution in [1.29, 1.82) is 0 Å². The first kappa shape index (κ1) is 14.1. The molecule has 0 aromatic carbocycles. The van der Waals surface area contributed by atoms with Gasteiger partial charge in [-0.3, -0.25) is 5.10 Å². The predicted molar refractivity (Wildman–Crippen MR) is 71.6 cm³/mol. The molecule has 1 aromatic heterocycles. The third-order valence-electron chi connectivity index (χ3n) is 2.70. The fourth-order valence-electron chi connectivity index (χ4n) is 1.97. The molecule has 4 nitrogen and oxygen atoms in total. The van der Waals surface area contributed by atoms with Crippen molar-refractivity contribution in [2.75, 3.05) is 0 Å². The summed E-state index contributed by atoms with van der Waals surface area (Å²) in [6.45, 7) is 10.1. The Morgan fingerprint density at radius 1 is 1.65 bits per heavy atom. The average molecular weight is 255 g/mol. The lowest BCUT2D eigenvalue weighted by Gasteiger charge is -2.23. The van der Waals surface area contributed by atoms with Crippen molar-refractivity contribution in [2.45, 2.75) is 51.7 Å². The Labute approximate surface area is 107 Å². The first-order valence-corrected chi connectivity index (χ1v) is 6.28. The number of allylic oxidation sites excluding steroid dienone is 1. The zero-order valence-electron chi connectivity index (χ0n) is 10.7. The number of nitrogens with zero attached hydrogens (tertiary/aromatic N) is 2. The first-order chi connectivity index (χ1) is 7.89. The summed E-state index contributed by atoms with van der Waals surface area (Å²) in [5, 5.41) is 17.0. The van der Waals surface area contributed by atoms with E-state index in [0.717, 1.165) is 12.2 Å². The van der Waals surface area contributed by atoms with E-state index >= 15 is 0 Å². The van der Waals surface area contributed by atoms with Crippen LogP contribution < -0.4 is 0 Å². The number of aromatic nitrogens is 3. The molecule has 1 aromatic rings. The molecule has 0 amide bonds. The van der Waals surface area contributed by atoms with Gasteiger partial charge in [-0.05, 0) is 38.9 Å². The van der Waals surface area contributed by atoms with Crippen LogP contribution in [0.15, 0.2) is 12.7 Å². The number of aromatic amines is 1. The van der Waals surface area contributed by atoms with Crippen molar-refractivity contribution in [3.63, 3.8) is 0 Å². The molecule has 0 unspecified atom stereocenters. The molecule has 0 spiro atoms. The minimum absolute atomic E-state index is 0.197. The van der Waals surface area contributed by atoms with Crippen LogP contribution >= 0.6 is 12.2 Å². The van der Waals surface area contributed by atoms with E-state index in [1.54, 1.807) is 6.08 Å². The Bertz CT molecular complexity index is 428. The highest BCUT2D eigenvalue weighted by atomic mass is 32.1. The Morgan fingerprint density at radius 2 is 2.29 bits per heavy atom. The van der Waals surface area contributed by atoms with Crippen LogP contribution in [0.1, 0.15) is 45.4 Å². The van der Waals surface area contributed by atoms with Gasteiger partial charge in [-0.2, -0.15) is 5.10 Å². The summed E-state index contributed by atoms with van der Waals surface area (Å²) >= 11 is 5.18. The molecule has 2 N–H and O–H groups in total. The second kappa shape index (κ2) is 5.60. The molecule has 0 aliphatic heterocycles. The number of H-pyrrole nitrogens is 1. The average Bonchev–Trinajstić information content (AvgIpc) is 2.57. The summed E-state index contributed by atoms with van der Waals surface area (Å²) in [7, 11) is 0. The van der Waals surface area contributed by atoms with Crippen LogP contribution in [0.25, 0.3) is 0 Å². The van der Waals surface area contributed by atoms with E-state index in [4.69, 9.17) is 12.2 Å². The third-order valence-corrected chi connectivity index (χ3v) is 3.02. The fraction of sp³-hybridized carbons (Fsp3) is 0.667. The van der Waals surface area contributed by atoms with Crippen LogP contribution in [0.5, 0.6) is 0 Å². The Morgan fingerprint density at radius 3 is 2.76 bits per heavy atom. The van der Waals surface area contributed by atoms with Gasteiger partial charge >= 0.3 is 0 Å². The van der Waals surface area contributed by atoms with Crippen LogP contribution in [-0.2, 0) is 6.54 Å². The number of hydrogen-bond acceptors (Lipinski definition) is 3. The van der Waals surface area contributed by atoms with Crippen molar-refractivity contribution in [2.24, 2.45) is 0 Å². The van der Waals surface area contributed by atoms with Crippen LogP contribution in [0, 0.1) is 4.77 Å². The molecular formula is C12H21N3OS. The molecule has 0 radical (unpaired) electrons. The van der Waals surface area contributed by atoms with Crippen LogP contribution in [-0.4, -0.2) is 25.5 Å². The third kappa shape index (κ3) is 3.78. The van der Waals surface area contributed by atoms with Gasteiger partial charge in [0.25, 0.3) is 0 Å². The van der Waals surface area contributed by atoms with Crippen LogP contribution in [0.3, 0.4) is 0 Å².